The van der Waals surface area contributed by atoms with Gasteiger partial charge < -0.3 is 9.64 Å². The maximum Gasteiger partial charge on any atom is 0.247 e. The number of nitrogens with zero attached hydrogens (tertiary/aromatic N) is 1. The van der Waals surface area contributed by atoms with Gasteiger partial charge in [-0.25, -0.2) is 4.39 Å². The van der Waals surface area contributed by atoms with Crippen molar-refractivity contribution in [1.29, 1.82) is 0 Å². The lowest BCUT2D eigenvalue weighted by atomic mass is 10.1. The second-order valence-electron chi connectivity index (χ2n) is 6.78. The molecule has 2 aromatic rings. The van der Waals surface area contributed by atoms with Gasteiger partial charge >= 0.3 is 0 Å². The van der Waals surface area contributed by atoms with Crippen LogP contribution in [0, 0.1) is 11.7 Å². The lowest BCUT2D eigenvalue weighted by Crippen LogP contribution is -2.38. The molecule has 1 unspecified atom stereocenters. The summed E-state index contributed by atoms with van der Waals surface area (Å²) in [6.07, 6.45) is 5.55. The zero-order chi connectivity index (χ0) is 18.5. The topological polar surface area (TPSA) is 29.5 Å². The largest absolute Gasteiger partial charge is 0.497 e. The molecule has 0 N–H and O–H groups in total. The van der Waals surface area contributed by atoms with Crippen molar-refractivity contribution in [2.24, 2.45) is 5.92 Å². The van der Waals surface area contributed by atoms with E-state index < -0.39 is 0 Å². The molecule has 0 saturated heterocycles. The van der Waals surface area contributed by atoms with Crippen LogP contribution in [0.3, 0.4) is 0 Å². The number of carbonyl (C=O) groups is 1. The van der Waals surface area contributed by atoms with Gasteiger partial charge in [-0.3, -0.25) is 4.79 Å². The third kappa shape index (κ3) is 4.72. The molecule has 3 rings (SSSR count). The molecule has 1 amide bonds. The van der Waals surface area contributed by atoms with Gasteiger partial charge in [-0.1, -0.05) is 24.3 Å². The standard InChI is InChI=1S/C22H24FNO2/c1-16(19-9-10-19)24(15-18-6-11-21(26-2)12-7-18)22(25)13-8-17-4-3-5-20(23)14-17/h3-8,11-14,16,19H,9-10,15H2,1-2H3. The molecule has 136 valence electrons. The first kappa shape index (κ1) is 18.2. The Balaban J connectivity index is 1.75. The lowest BCUT2D eigenvalue weighted by molar-refractivity contribution is -0.129. The van der Waals surface area contributed by atoms with E-state index in [-0.39, 0.29) is 17.8 Å². The average molecular weight is 353 g/mol. The van der Waals surface area contributed by atoms with Gasteiger partial charge in [-0.15, -0.1) is 0 Å². The first-order chi connectivity index (χ1) is 12.6. The molecule has 1 aliphatic carbocycles. The van der Waals surface area contributed by atoms with Gasteiger partial charge in [0.2, 0.25) is 5.91 Å². The van der Waals surface area contributed by atoms with E-state index >= 15 is 0 Å². The molecule has 26 heavy (non-hydrogen) atoms. The highest BCUT2D eigenvalue weighted by atomic mass is 19.1. The van der Waals surface area contributed by atoms with E-state index in [1.54, 1.807) is 25.3 Å². The highest BCUT2D eigenvalue weighted by molar-refractivity contribution is 5.92. The minimum absolute atomic E-state index is 0.0514. The zero-order valence-corrected chi connectivity index (χ0v) is 15.2. The summed E-state index contributed by atoms with van der Waals surface area (Å²) in [6.45, 7) is 2.66. The second kappa shape index (κ2) is 8.17. The van der Waals surface area contributed by atoms with E-state index in [1.165, 1.54) is 31.1 Å². The molecule has 1 fully saturated rings. The van der Waals surface area contributed by atoms with E-state index in [2.05, 4.69) is 6.92 Å². The number of ether oxygens (including phenoxy) is 1. The molecule has 1 atom stereocenters. The Bertz CT molecular complexity index is 781. The minimum Gasteiger partial charge on any atom is -0.497 e. The normalized spacial score (nSPS) is 15.0. The number of carbonyl (C=O) groups excluding carboxylic acids is 1. The predicted octanol–water partition coefficient (Wildman–Crippen LogP) is 4.67. The van der Waals surface area contributed by atoms with Gasteiger partial charge in [0.15, 0.2) is 0 Å². The molecule has 0 aliphatic heterocycles. The average Bonchev–Trinajstić information content (AvgIpc) is 3.49. The summed E-state index contributed by atoms with van der Waals surface area (Å²) in [7, 11) is 1.64. The smallest absolute Gasteiger partial charge is 0.247 e. The number of rotatable bonds is 7. The summed E-state index contributed by atoms with van der Waals surface area (Å²) in [4.78, 5) is 14.7. The van der Waals surface area contributed by atoms with Gasteiger partial charge in [-0.2, -0.15) is 0 Å². The van der Waals surface area contributed by atoms with Gasteiger partial charge in [-0.05, 0) is 67.2 Å². The van der Waals surface area contributed by atoms with E-state index in [4.69, 9.17) is 4.74 Å². The van der Waals surface area contributed by atoms with Gasteiger partial charge in [0, 0.05) is 18.7 Å². The van der Waals surface area contributed by atoms with Crippen LogP contribution in [0.1, 0.15) is 30.9 Å². The molecule has 0 radical (unpaired) electrons. The highest BCUT2D eigenvalue weighted by Gasteiger charge is 2.33. The highest BCUT2D eigenvalue weighted by Crippen LogP contribution is 2.36. The van der Waals surface area contributed by atoms with Crippen LogP contribution in [-0.2, 0) is 11.3 Å². The third-order valence-electron chi connectivity index (χ3n) is 4.86. The van der Waals surface area contributed by atoms with Crippen LogP contribution in [0.15, 0.2) is 54.6 Å². The van der Waals surface area contributed by atoms with E-state index in [0.29, 0.717) is 18.0 Å². The zero-order valence-electron chi connectivity index (χ0n) is 15.2. The molecular weight excluding hydrogens is 329 g/mol. The molecule has 1 aliphatic rings. The molecule has 2 aromatic carbocycles. The maximum atomic E-state index is 13.3. The van der Waals surface area contributed by atoms with Gasteiger partial charge in [0.1, 0.15) is 11.6 Å². The Morgan fingerprint density at radius 3 is 2.62 bits per heavy atom. The fraction of sp³-hybridized carbons (Fsp3) is 0.318. The Hall–Kier alpha value is -2.62. The van der Waals surface area contributed by atoms with Crippen LogP contribution in [0.2, 0.25) is 0 Å². The van der Waals surface area contributed by atoms with Crippen molar-refractivity contribution in [3.8, 4) is 5.75 Å². The van der Waals surface area contributed by atoms with Crippen molar-refractivity contribution in [2.45, 2.75) is 32.4 Å². The SMILES string of the molecule is COc1ccc(CN(C(=O)C=Cc2cccc(F)c2)C(C)C2CC2)cc1. The number of methoxy groups -OCH3 is 1. The number of amides is 1. The fourth-order valence-corrected chi connectivity index (χ4v) is 3.06. The van der Waals surface area contributed by atoms with Crippen LogP contribution >= 0.6 is 0 Å². The van der Waals surface area contributed by atoms with Crippen LogP contribution in [-0.4, -0.2) is 24.0 Å². The van der Waals surface area contributed by atoms with Crippen molar-refractivity contribution in [1.82, 2.24) is 4.90 Å². The van der Waals surface area contributed by atoms with Crippen molar-refractivity contribution in [3.05, 3.63) is 71.6 Å². The van der Waals surface area contributed by atoms with Crippen LogP contribution in [0.5, 0.6) is 5.75 Å². The Labute approximate surface area is 154 Å². The fourth-order valence-electron chi connectivity index (χ4n) is 3.06. The van der Waals surface area contributed by atoms with Crippen molar-refractivity contribution in [3.63, 3.8) is 0 Å². The van der Waals surface area contributed by atoms with Crippen molar-refractivity contribution in [2.75, 3.05) is 7.11 Å². The Morgan fingerprint density at radius 1 is 1.27 bits per heavy atom. The maximum absolute atomic E-state index is 13.3. The molecule has 4 heteroatoms. The number of hydrogen-bond acceptors (Lipinski definition) is 2. The number of hydrogen-bond donors (Lipinski definition) is 0. The van der Waals surface area contributed by atoms with Crippen LogP contribution < -0.4 is 4.74 Å². The molecule has 0 spiro atoms. The monoisotopic (exact) mass is 353 g/mol. The number of benzene rings is 2. The number of halogens is 1. The van der Waals surface area contributed by atoms with Gasteiger partial charge in [0.05, 0.1) is 7.11 Å². The lowest BCUT2D eigenvalue weighted by Gasteiger charge is -2.28. The summed E-state index contributed by atoms with van der Waals surface area (Å²) in [5.74, 6) is 1.01. The molecule has 3 nitrogen and oxygen atoms in total. The first-order valence-electron chi connectivity index (χ1n) is 8.94. The molecule has 0 heterocycles. The van der Waals surface area contributed by atoms with Gasteiger partial charge in [0.25, 0.3) is 0 Å². The second-order valence-corrected chi connectivity index (χ2v) is 6.78. The summed E-state index contributed by atoms with van der Waals surface area (Å²) in [5.41, 5.74) is 1.74. The van der Waals surface area contributed by atoms with E-state index in [9.17, 15) is 9.18 Å². The molecular formula is C22H24FNO2. The third-order valence-corrected chi connectivity index (χ3v) is 4.86. The van der Waals surface area contributed by atoms with Crippen LogP contribution in [0.4, 0.5) is 4.39 Å². The first-order valence-corrected chi connectivity index (χ1v) is 8.94. The Kier molecular flexibility index (Phi) is 5.71. The van der Waals surface area contributed by atoms with E-state index in [0.717, 1.165) is 11.3 Å². The summed E-state index contributed by atoms with van der Waals surface area (Å²) < 4.78 is 18.5. The molecule has 0 aromatic heterocycles. The molecule has 0 bridgehead atoms. The van der Waals surface area contributed by atoms with E-state index in [1.807, 2.05) is 29.2 Å². The summed E-state index contributed by atoms with van der Waals surface area (Å²) in [6, 6.07) is 14.2. The summed E-state index contributed by atoms with van der Waals surface area (Å²) >= 11 is 0. The summed E-state index contributed by atoms with van der Waals surface area (Å²) in [5, 5.41) is 0. The van der Waals surface area contributed by atoms with Crippen LogP contribution in [0.25, 0.3) is 6.08 Å². The van der Waals surface area contributed by atoms with Crippen molar-refractivity contribution < 1.29 is 13.9 Å². The quantitative estimate of drug-likeness (QED) is 0.677. The minimum atomic E-state index is -0.305. The Morgan fingerprint density at radius 2 is 2.00 bits per heavy atom. The van der Waals surface area contributed by atoms with Crippen molar-refractivity contribution >= 4 is 12.0 Å². The predicted molar refractivity (Wildman–Crippen MR) is 101 cm³/mol. The molecule has 1 saturated carbocycles.